The van der Waals surface area contributed by atoms with E-state index in [1.165, 1.54) is 6.33 Å². The Bertz CT molecular complexity index is 601. The zero-order valence-corrected chi connectivity index (χ0v) is 10.8. The fourth-order valence-electron chi connectivity index (χ4n) is 1.49. The van der Waals surface area contributed by atoms with Crippen LogP contribution in [0.25, 0.3) is 10.2 Å². The standard InChI is InChI=1S/C10H8F2N2O2S2/c1-4-6-8(17-2-5(11)12)13-3-14-9(6)18-7(4)10(15)16/h3,5H,2H2,1H3,(H,15,16). The SMILES string of the molecule is Cc1c(C(=O)O)sc2ncnc(SCC(F)F)c12. The number of hydrogen-bond acceptors (Lipinski definition) is 5. The number of hydrogen-bond donors (Lipinski definition) is 1. The van der Waals surface area contributed by atoms with Crippen molar-refractivity contribution in [3.8, 4) is 0 Å². The number of carbonyl (C=O) groups is 1. The second-order valence-corrected chi connectivity index (χ2v) is 5.43. The fourth-order valence-corrected chi connectivity index (χ4v) is 3.35. The van der Waals surface area contributed by atoms with Crippen molar-refractivity contribution >= 4 is 39.3 Å². The van der Waals surface area contributed by atoms with Crippen LogP contribution in [-0.4, -0.2) is 33.2 Å². The van der Waals surface area contributed by atoms with Gasteiger partial charge in [-0.2, -0.15) is 0 Å². The molecule has 0 fully saturated rings. The smallest absolute Gasteiger partial charge is 0.346 e. The fraction of sp³-hybridized carbons (Fsp3) is 0.300. The lowest BCUT2D eigenvalue weighted by atomic mass is 10.2. The molecule has 0 unspecified atom stereocenters. The summed E-state index contributed by atoms with van der Waals surface area (Å²) in [4.78, 5) is 19.6. The molecule has 0 atom stereocenters. The van der Waals surface area contributed by atoms with Crippen molar-refractivity contribution in [2.45, 2.75) is 18.4 Å². The van der Waals surface area contributed by atoms with Gasteiger partial charge in [-0.15, -0.1) is 11.3 Å². The highest BCUT2D eigenvalue weighted by Crippen LogP contribution is 2.35. The molecule has 0 aliphatic rings. The van der Waals surface area contributed by atoms with E-state index in [9.17, 15) is 13.6 Å². The maximum Gasteiger partial charge on any atom is 0.346 e. The summed E-state index contributed by atoms with van der Waals surface area (Å²) in [6, 6.07) is 0. The number of aromatic nitrogens is 2. The Morgan fingerprint density at radius 1 is 1.56 bits per heavy atom. The maximum atomic E-state index is 12.2. The van der Waals surface area contributed by atoms with Crippen LogP contribution >= 0.6 is 23.1 Å². The highest BCUT2D eigenvalue weighted by Gasteiger charge is 2.19. The van der Waals surface area contributed by atoms with Crippen LogP contribution in [-0.2, 0) is 0 Å². The third-order valence-electron chi connectivity index (χ3n) is 2.23. The van der Waals surface area contributed by atoms with E-state index in [2.05, 4.69) is 9.97 Å². The van der Waals surface area contributed by atoms with E-state index in [1.807, 2.05) is 0 Å². The van der Waals surface area contributed by atoms with Crippen molar-refractivity contribution in [2.24, 2.45) is 0 Å². The molecule has 0 aromatic carbocycles. The van der Waals surface area contributed by atoms with Crippen molar-refractivity contribution < 1.29 is 18.7 Å². The Hall–Kier alpha value is -1.28. The molecule has 18 heavy (non-hydrogen) atoms. The van der Waals surface area contributed by atoms with Crippen molar-refractivity contribution in [3.63, 3.8) is 0 Å². The number of carboxylic acid groups (broad SMARTS) is 1. The number of fused-ring (bicyclic) bond motifs is 1. The first-order chi connectivity index (χ1) is 8.50. The first-order valence-electron chi connectivity index (χ1n) is 4.89. The van der Waals surface area contributed by atoms with Crippen LogP contribution in [0.5, 0.6) is 0 Å². The molecule has 0 amide bonds. The summed E-state index contributed by atoms with van der Waals surface area (Å²) in [5.74, 6) is -1.41. The number of aryl methyl sites for hydroxylation is 1. The van der Waals surface area contributed by atoms with Gasteiger partial charge in [-0.05, 0) is 12.5 Å². The van der Waals surface area contributed by atoms with Gasteiger partial charge in [0.15, 0.2) is 0 Å². The second-order valence-electron chi connectivity index (χ2n) is 3.42. The molecule has 2 heterocycles. The van der Waals surface area contributed by atoms with Gasteiger partial charge < -0.3 is 5.11 Å². The van der Waals surface area contributed by atoms with Crippen LogP contribution in [0.2, 0.25) is 0 Å². The quantitative estimate of drug-likeness (QED) is 0.692. The van der Waals surface area contributed by atoms with Gasteiger partial charge >= 0.3 is 5.97 Å². The largest absolute Gasteiger partial charge is 0.477 e. The van der Waals surface area contributed by atoms with E-state index in [0.717, 1.165) is 23.1 Å². The number of nitrogens with zero attached hydrogens (tertiary/aromatic N) is 2. The predicted molar refractivity (Wildman–Crippen MR) is 65.8 cm³/mol. The minimum atomic E-state index is -2.43. The molecule has 0 aliphatic heterocycles. The summed E-state index contributed by atoms with van der Waals surface area (Å²) in [6.45, 7) is 1.64. The van der Waals surface area contributed by atoms with Crippen LogP contribution in [0, 0.1) is 6.92 Å². The summed E-state index contributed by atoms with van der Waals surface area (Å²) >= 11 is 1.94. The lowest BCUT2D eigenvalue weighted by Gasteiger charge is -2.02. The number of carboxylic acids is 1. The summed E-state index contributed by atoms with van der Waals surface area (Å²) < 4.78 is 24.4. The molecule has 0 saturated carbocycles. The number of alkyl halides is 2. The van der Waals surface area contributed by atoms with Crippen LogP contribution < -0.4 is 0 Å². The van der Waals surface area contributed by atoms with Gasteiger partial charge in [0, 0.05) is 5.39 Å². The van der Waals surface area contributed by atoms with Crippen molar-refractivity contribution in [1.29, 1.82) is 0 Å². The van der Waals surface area contributed by atoms with E-state index < -0.39 is 12.4 Å². The Morgan fingerprint density at radius 2 is 2.28 bits per heavy atom. The van der Waals surface area contributed by atoms with Crippen molar-refractivity contribution in [3.05, 3.63) is 16.8 Å². The van der Waals surface area contributed by atoms with E-state index in [4.69, 9.17) is 5.11 Å². The molecule has 0 saturated heterocycles. The van der Waals surface area contributed by atoms with Gasteiger partial charge in [-0.25, -0.2) is 23.5 Å². The lowest BCUT2D eigenvalue weighted by Crippen LogP contribution is -1.96. The summed E-state index contributed by atoms with van der Waals surface area (Å²) in [7, 11) is 0. The number of thiophene rings is 1. The number of rotatable bonds is 4. The normalized spacial score (nSPS) is 11.3. The zero-order valence-electron chi connectivity index (χ0n) is 9.18. The molecule has 1 N–H and O–H groups in total. The first-order valence-corrected chi connectivity index (χ1v) is 6.69. The van der Waals surface area contributed by atoms with Crippen molar-refractivity contribution in [1.82, 2.24) is 9.97 Å². The Kier molecular flexibility index (Phi) is 3.76. The summed E-state index contributed by atoms with van der Waals surface area (Å²) in [5.41, 5.74) is 0.528. The molecule has 96 valence electrons. The number of thioether (sulfide) groups is 1. The molecule has 0 bridgehead atoms. The van der Waals surface area contributed by atoms with Crippen LogP contribution in [0.3, 0.4) is 0 Å². The van der Waals surface area contributed by atoms with Gasteiger partial charge in [0.25, 0.3) is 0 Å². The third-order valence-corrected chi connectivity index (χ3v) is 4.42. The van der Waals surface area contributed by atoms with Crippen LogP contribution in [0.15, 0.2) is 11.4 Å². The molecule has 0 aliphatic carbocycles. The Labute approximate surface area is 109 Å². The van der Waals surface area contributed by atoms with E-state index >= 15 is 0 Å². The average Bonchev–Trinajstić information content (AvgIpc) is 2.65. The highest BCUT2D eigenvalue weighted by molar-refractivity contribution is 7.99. The molecule has 2 rings (SSSR count). The van der Waals surface area contributed by atoms with Gasteiger partial charge in [0.1, 0.15) is 21.1 Å². The number of aromatic carboxylic acids is 1. The molecular formula is C10H8F2N2O2S2. The Balaban J connectivity index is 2.51. The molecule has 0 radical (unpaired) electrons. The molecule has 0 spiro atoms. The van der Waals surface area contributed by atoms with E-state index in [1.54, 1.807) is 6.92 Å². The van der Waals surface area contributed by atoms with E-state index in [0.29, 0.717) is 20.8 Å². The first kappa shape index (κ1) is 13.2. The lowest BCUT2D eigenvalue weighted by molar-refractivity contribution is 0.0701. The van der Waals surface area contributed by atoms with Gasteiger partial charge in [-0.3, -0.25) is 0 Å². The minimum absolute atomic E-state index is 0.171. The monoisotopic (exact) mass is 290 g/mol. The molecule has 2 aromatic heterocycles. The maximum absolute atomic E-state index is 12.2. The van der Waals surface area contributed by atoms with Crippen LogP contribution in [0.1, 0.15) is 15.2 Å². The van der Waals surface area contributed by atoms with Gasteiger partial charge in [0.2, 0.25) is 6.43 Å². The average molecular weight is 290 g/mol. The molecule has 4 nitrogen and oxygen atoms in total. The molecule has 8 heteroatoms. The minimum Gasteiger partial charge on any atom is -0.477 e. The van der Waals surface area contributed by atoms with Crippen LogP contribution in [0.4, 0.5) is 8.78 Å². The Morgan fingerprint density at radius 3 is 2.89 bits per heavy atom. The highest BCUT2D eigenvalue weighted by atomic mass is 32.2. The van der Waals surface area contributed by atoms with E-state index in [-0.39, 0.29) is 10.6 Å². The summed E-state index contributed by atoms with van der Waals surface area (Å²) in [5, 5.41) is 9.98. The topological polar surface area (TPSA) is 63.1 Å². The predicted octanol–water partition coefficient (Wildman–Crippen LogP) is 3.06. The number of halogens is 2. The third kappa shape index (κ3) is 2.44. The van der Waals surface area contributed by atoms with Crippen molar-refractivity contribution in [2.75, 3.05) is 5.75 Å². The van der Waals surface area contributed by atoms with Gasteiger partial charge in [-0.1, -0.05) is 11.8 Å². The molecular weight excluding hydrogens is 282 g/mol. The molecule has 2 aromatic rings. The summed E-state index contributed by atoms with van der Waals surface area (Å²) in [6.07, 6.45) is -1.17. The zero-order chi connectivity index (χ0) is 13.3. The second kappa shape index (κ2) is 5.15. The van der Waals surface area contributed by atoms with Gasteiger partial charge in [0.05, 0.1) is 5.75 Å².